The van der Waals surface area contributed by atoms with Gasteiger partial charge >= 0.3 is 6.03 Å². The van der Waals surface area contributed by atoms with Crippen molar-refractivity contribution in [3.05, 3.63) is 101 Å². The van der Waals surface area contributed by atoms with Crippen LogP contribution in [0.15, 0.2) is 94.0 Å². The van der Waals surface area contributed by atoms with E-state index >= 15 is 0 Å². The quantitative estimate of drug-likeness (QED) is 0.312. The molecule has 2 heterocycles. The van der Waals surface area contributed by atoms with Crippen LogP contribution in [0.25, 0.3) is 17.0 Å². The van der Waals surface area contributed by atoms with Crippen LogP contribution in [0.2, 0.25) is 5.02 Å². The maximum Gasteiger partial charge on any atom is 0.326 e. The van der Waals surface area contributed by atoms with Gasteiger partial charge in [0.25, 0.3) is 5.89 Å². The van der Waals surface area contributed by atoms with Crippen molar-refractivity contribution in [1.82, 2.24) is 15.5 Å². The Morgan fingerprint density at radius 3 is 2.38 bits per heavy atom. The number of urea groups is 1. The Hall–Kier alpha value is -3.55. The SMILES string of the molecule is CSc1ccc(C2NC(=O)N(c3ccccc3)C(C)=C2c2nc(-c3ccc(Cl)cc3)no2)cc1. The minimum atomic E-state index is -0.443. The van der Waals surface area contributed by atoms with Crippen LogP contribution in [0.3, 0.4) is 0 Å². The van der Waals surface area contributed by atoms with Gasteiger partial charge in [-0.1, -0.05) is 47.1 Å². The van der Waals surface area contributed by atoms with E-state index in [4.69, 9.17) is 16.1 Å². The third-order valence-electron chi connectivity index (χ3n) is 5.71. The summed E-state index contributed by atoms with van der Waals surface area (Å²) < 4.78 is 5.74. The first-order valence-corrected chi connectivity index (χ1v) is 12.3. The van der Waals surface area contributed by atoms with E-state index in [1.807, 2.05) is 79.9 Å². The van der Waals surface area contributed by atoms with Crippen LogP contribution in [0.1, 0.15) is 24.4 Å². The van der Waals surface area contributed by atoms with E-state index in [1.54, 1.807) is 28.8 Å². The standard InChI is InChI=1S/C26H21ClN4O2S/c1-16-22(25-29-24(30-33-25)18-8-12-19(27)13-9-18)23(17-10-14-21(34-2)15-11-17)28-26(32)31(16)20-6-4-3-5-7-20/h3-15,23H,1-2H3,(H,28,32). The Morgan fingerprint density at radius 1 is 1.00 bits per heavy atom. The largest absolute Gasteiger partial charge is 0.334 e. The Labute approximate surface area is 206 Å². The molecule has 6 nitrogen and oxygen atoms in total. The Kier molecular flexibility index (Phi) is 6.13. The van der Waals surface area contributed by atoms with Crippen molar-refractivity contribution in [2.24, 2.45) is 0 Å². The number of thioether (sulfide) groups is 1. The molecule has 0 spiro atoms. The number of rotatable bonds is 5. The molecule has 0 aliphatic carbocycles. The maximum absolute atomic E-state index is 13.2. The summed E-state index contributed by atoms with van der Waals surface area (Å²) in [5.41, 5.74) is 3.94. The van der Waals surface area contributed by atoms with Crippen molar-refractivity contribution in [1.29, 1.82) is 0 Å². The van der Waals surface area contributed by atoms with Gasteiger partial charge in [-0.15, -0.1) is 11.8 Å². The zero-order valence-corrected chi connectivity index (χ0v) is 20.1. The van der Waals surface area contributed by atoms with Crippen molar-refractivity contribution >= 4 is 40.7 Å². The molecule has 1 aromatic heterocycles. The van der Waals surface area contributed by atoms with Gasteiger partial charge in [-0.25, -0.2) is 4.79 Å². The number of carbonyl (C=O) groups excluding carboxylic acids is 1. The van der Waals surface area contributed by atoms with E-state index in [1.165, 1.54) is 0 Å². The molecule has 3 aromatic carbocycles. The number of aromatic nitrogens is 2. The lowest BCUT2D eigenvalue weighted by molar-refractivity contribution is 0.244. The Morgan fingerprint density at radius 2 is 1.71 bits per heavy atom. The summed E-state index contributed by atoms with van der Waals surface area (Å²) in [5, 5.41) is 7.96. The topological polar surface area (TPSA) is 71.3 Å². The van der Waals surface area contributed by atoms with Crippen molar-refractivity contribution in [2.45, 2.75) is 17.9 Å². The Balaban J connectivity index is 1.63. The van der Waals surface area contributed by atoms with Crippen molar-refractivity contribution in [3.63, 3.8) is 0 Å². The highest BCUT2D eigenvalue weighted by Crippen LogP contribution is 2.39. The molecule has 4 aromatic rings. The highest BCUT2D eigenvalue weighted by Gasteiger charge is 2.36. The van der Waals surface area contributed by atoms with E-state index in [2.05, 4.69) is 15.5 Å². The zero-order chi connectivity index (χ0) is 23.7. The lowest BCUT2D eigenvalue weighted by Gasteiger charge is -2.35. The zero-order valence-electron chi connectivity index (χ0n) is 18.5. The minimum absolute atomic E-state index is 0.219. The number of carbonyl (C=O) groups is 1. The molecule has 0 saturated carbocycles. The fourth-order valence-electron chi connectivity index (χ4n) is 4.00. The van der Waals surface area contributed by atoms with Crippen LogP contribution in [0.4, 0.5) is 10.5 Å². The van der Waals surface area contributed by atoms with Gasteiger partial charge in [-0.3, -0.25) is 4.90 Å². The second-order valence-corrected chi connectivity index (χ2v) is 9.07. The number of nitrogens with zero attached hydrogens (tertiary/aromatic N) is 3. The van der Waals surface area contributed by atoms with Crippen molar-refractivity contribution in [3.8, 4) is 11.4 Å². The second-order valence-electron chi connectivity index (χ2n) is 7.76. The molecule has 170 valence electrons. The van der Waals surface area contributed by atoms with Crippen LogP contribution in [-0.2, 0) is 0 Å². The predicted octanol–water partition coefficient (Wildman–Crippen LogP) is 6.81. The van der Waals surface area contributed by atoms with Gasteiger partial charge in [0.1, 0.15) is 0 Å². The van der Waals surface area contributed by atoms with Crippen LogP contribution < -0.4 is 10.2 Å². The number of benzene rings is 3. The third-order valence-corrected chi connectivity index (χ3v) is 6.70. The smallest absolute Gasteiger partial charge is 0.326 e. The second kappa shape index (κ2) is 9.37. The number of hydrogen-bond acceptors (Lipinski definition) is 5. The molecule has 0 saturated heterocycles. The van der Waals surface area contributed by atoms with Crippen LogP contribution in [0.5, 0.6) is 0 Å². The first kappa shape index (κ1) is 22.3. The molecule has 1 unspecified atom stereocenters. The molecular formula is C26H21ClN4O2S. The average Bonchev–Trinajstić information content (AvgIpc) is 3.34. The molecule has 1 aliphatic heterocycles. The molecular weight excluding hydrogens is 468 g/mol. The van der Waals surface area contributed by atoms with E-state index in [0.717, 1.165) is 33.0 Å². The lowest BCUT2D eigenvalue weighted by atomic mass is 9.94. The molecule has 1 atom stereocenters. The van der Waals surface area contributed by atoms with Gasteiger partial charge in [-0.2, -0.15) is 4.98 Å². The number of allylic oxidation sites excluding steroid dienone is 1. The molecule has 1 N–H and O–H groups in total. The van der Waals surface area contributed by atoms with E-state index in [-0.39, 0.29) is 6.03 Å². The first-order chi connectivity index (χ1) is 16.5. The highest BCUT2D eigenvalue weighted by molar-refractivity contribution is 7.98. The van der Waals surface area contributed by atoms with Gasteiger partial charge in [-0.05, 0) is 67.3 Å². The number of halogens is 1. The van der Waals surface area contributed by atoms with Gasteiger partial charge in [0, 0.05) is 21.2 Å². The van der Waals surface area contributed by atoms with E-state index in [9.17, 15) is 4.79 Å². The van der Waals surface area contributed by atoms with Gasteiger partial charge < -0.3 is 9.84 Å². The van der Waals surface area contributed by atoms with Crippen LogP contribution in [-0.4, -0.2) is 22.4 Å². The van der Waals surface area contributed by atoms with Gasteiger partial charge in [0.05, 0.1) is 17.3 Å². The van der Waals surface area contributed by atoms with Crippen molar-refractivity contribution in [2.75, 3.05) is 11.2 Å². The molecule has 8 heteroatoms. The summed E-state index contributed by atoms with van der Waals surface area (Å²) >= 11 is 7.69. The van der Waals surface area contributed by atoms with Gasteiger partial charge in [0.15, 0.2) is 0 Å². The van der Waals surface area contributed by atoms with Crippen LogP contribution >= 0.6 is 23.4 Å². The number of amides is 2. The summed E-state index contributed by atoms with van der Waals surface area (Å²) in [5.74, 6) is 0.800. The first-order valence-electron chi connectivity index (χ1n) is 10.7. The molecule has 5 rings (SSSR count). The lowest BCUT2D eigenvalue weighted by Crippen LogP contribution is -2.46. The minimum Gasteiger partial charge on any atom is -0.334 e. The molecule has 0 fully saturated rings. The third kappa shape index (κ3) is 4.20. The normalized spacial score (nSPS) is 16.0. The van der Waals surface area contributed by atoms with E-state index in [0.29, 0.717) is 16.7 Å². The van der Waals surface area contributed by atoms with Crippen LogP contribution in [0, 0.1) is 0 Å². The number of para-hydroxylation sites is 1. The summed E-state index contributed by atoms with van der Waals surface area (Å²) in [6, 6.07) is 24.2. The maximum atomic E-state index is 13.2. The molecule has 2 amide bonds. The highest BCUT2D eigenvalue weighted by atomic mass is 35.5. The molecule has 1 aliphatic rings. The summed E-state index contributed by atoms with van der Waals surface area (Å²) in [4.78, 5) is 20.7. The molecule has 0 bridgehead atoms. The van der Waals surface area contributed by atoms with Crippen molar-refractivity contribution < 1.29 is 9.32 Å². The summed E-state index contributed by atoms with van der Waals surface area (Å²) in [6.45, 7) is 1.90. The fraction of sp³-hybridized carbons (Fsp3) is 0.115. The summed E-state index contributed by atoms with van der Waals surface area (Å²) in [6.07, 6.45) is 2.03. The number of anilines is 1. The number of nitrogens with one attached hydrogen (secondary N) is 1. The number of hydrogen-bond donors (Lipinski definition) is 1. The molecule has 0 radical (unpaired) electrons. The van der Waals surface area contributed by atoms with Gasteiger partial charge in [0.2, 0.25) is 5.82 Å². The predicted molar refractivity (Wildman–Crippen MR) is 136 cm³/mol. The Bertz CT molecular complexity index is 1350. The molecule has 34 heavy (non-hydrogen) atoms. The van der Waals surface area contributed by atoms with E-state index < -0.39 is 6.04 Å². The summed E-state index contributed by atoms with van der Waals surface area (Å²) in [7, 11) is 0. The average molecular weight is 489 g/mol. The monoisotopic (exact) mass is 488 g/mol. The fourth-order valence-corrected chi connectivity index (χ4v) is 4.54.